The van der Waals surface area contributed by atoms with Crippen molar-refractivity contribution in [2.24, 2.45) is 0 Å². The summed E-state index contributed by atoms with van der Waals surface area (Å²) in [6.07, 6.45) is 3.45. The minimum atomic E-state index is -3.44. The number of methoxy groups -OCH3 is 2. The maximum absolute atomic E-state index is 12.5. The third-order valence-electron chi connectivity index (χ3n) is 5.37. The molecule has 1 aliphatic rings. The molecule has 0 unspecified atom stereocenters. The highest BCUT2D eigenvalue weighted by Crippen LogP contribution is 2.27. The third-order valence-corrected chi connectivity index (χ3v) is 6.91. The lowest BCUT2D eigenvalue weighted by molar-refractivity contribution is -0.129. The minimum absolute atomic E-state index is 0.0487. The van der Waals surface area contributed by atoms with Crippen molar-refractivity contribution in [2.75, 3.05) is 27.8 Å². The number of carbonyl (C=O) groups excluding carboxylic acids is 1. The highest BCUT2D eigenvalue weighted by atomic mass is 32.2. The average molecular weight is 447 g/mol. The Morgan fingerprint density at radius 1 is 1.00 bits per heavy atom. The number of hydrogen-bond donors (Lipinski definition) is 1. The Balaban J connectivity index is 1.47. The minimum Gasteiger partial charge on any atom is -0.493 e. The quantitative estimate of drug-likeness (QED) is 0.574. The zero-order valence-electron chi connectivity index (χ0n) is 18.3. The van der Waals surface area contributed by atoms with Crippen molar-refractivity contribution in [3.63, 3.8) is 0 Å². The number of ether oxygens (including phenoxy) is 2. The van der Waals surface area contributed by atoms with Gasteiger partial charge in [-0.1, -0.05) is 18.2 Å². The molecule has 1 amide bonds. The molecular weight excluding hydrogens is 416 g/mol. The van der Waals surface area contributed by atoms with Crippen LogP contribution >= 0.6 is 0 Å². The van der Waals surface area contributed by atoms with Gasteiger partial charge >= 0.3 is 0 Å². The van der Waals surface area contributed by atoms with Crippen LogP contribution in [0.3, 0.4) is 0 Å². The van der Waals surface area contributed by atoms with Gasteiger partial charge in [-0.05, 0) is 61.1 Å². The van der Waals surface area contributed by atoms with Crippen LogP contribution in [0.4, 0.5) is 0 Å². The predicted octanol–water partition coefficient (Wildman–Crippen LogP) is 2.78. The van der Waals surface area contributed by atoms with Crippen LogP contribution < -0.4 is 14.2 Å². The van der Waals surface area contributed by atoms with E-state index in [9.17, 15) is 13.2 Å². The van der Waals surface area contributed by atoms with Crippen molar-refractivity contribution in [1.82, 2.24) is 9.62 Å². The van der Waals surface area contributed by atoms with Gasteiger partial charge in [-0.25, -0.2) is 13.1 Å². The molecule has 1 N–H and O–H groups in total. The second kappa shape index (κ2) is 10.2. The number of sulfonamides is 1. The van der Waals surface area contributed by atoms with Crippen molar-refractivity contribution in [2.45, 2.75) is 43.0 Å². The number of aryl methyl sites for hydroxylation is 1. The van der Waals surface area contributed by atoms with E-state index < -0.39 is 10.0 Å². The monoisotopic (exact) mass is 446 g/mol. The first-order valence-electron chi connectivity index (χ1n) is 10.4. The van der Waals surface area contributed by atoms with E-state index in [1.54, 1.807) is 50.4 Å². The first kappa shape index (κ1) is 23.1. The topological polar surface area (TPSA) is 84.9 Å². The third kappa shape index (κ3) is 6.45. The van der Waals surface area contributed by atoms with Crippen molar-refractivity contribution < 1.29 is 22.7 Å². The molecule has 1 saturated carbocycles. The lowest BCUT2D eigenvalue weighted by Gasteiger charge is -2.18. The summed E-state index contributed by atoms with van der Waals surface area (Å²) < 4.78 is 37.7. The van der Waals surface area contributed by atoms with Gasteiger partial charge in [0.25, 0.3) is 0 Å². The Hall–Kier alpha value is -2.58. The van der Waals surface area contributed by atoms with E-state index >= 15 is 0 Å². The molecule has 0 saturated heterocycles. The van der Waals surface area contributed by atoms with Crippen LogP contribution in [0.5, 0.6) is 11.5 Å². The highest BCUT2D eigenvalue weighted by Gasteiger charge is 2.27. The number of carbonyl (C=O) groups is 1. The average Bonchev–Trinajstić information content (AvgIpc) is 3.59. The summed E-state index contributed by atoms with van der Waals surface area (Å²) in [6, 6.07) is 12.6. The number of amides is 1. The van der Waals surface area contributed by atoms with E-state index in [0.717, 1.165) is 24.0 Å². The molecule has 0 radical (unpaired) electrons. The molecule has 0 bridgehead atoms. The largest absolute Gasteiger partial charge is 0.493 e. The smallest absolute Gasteiger partial charge is 0.240 e. The fourth-order valence-electron chi connectivity index (χ4n) is 3.22. The molecule has 0 aliphatic heterocycles. The summed E-state index contributed by atoms with van der Waals surface area (Å²) in [5.74, 6) is 1.40. The predicted molar refractivity (Wildman–Crippen MR) is 119 cm³/mol. The van der Waals surface area contributed by atoms with E-state index in [-0.39, 0.29) is 16.8 Å². The zero-order valence-corrected chi connectivity index (χ0v) is 19.1. The number of nitrogens with zero attached hydrogens (tertiary/aromatic N) is 1. The summed E-state index contributed by atoms with van der Waals surface area (Å²) >= 11 is 0. The molecule has 2 aromatic rings. The highest BCUT2D eigenvalue weighted by molar-refractivity contribution is 7.89. The fourth-order valence-corrected chi connectivity index (χ4v) is 4.53. The number of rotatable bonds is 11. The van der Waals surface area contributed by atoms with Crippen LogP contribution in [-0.4, -0.2) is 53.1 Å². The van der Waals surface area contributed by atoms with E-state index in [4.69, 9.17) is 9.47 Å². The molecule has 1 fully saturated rings. The summed E-state index contributed by atoms with van der Waals surface area (Å²) in [5.41, 5.74) is 2.00. The van der Waals surface area contributed by atoms with Gasteiger partial charge in [0.15, 0.2) is 11.5 Å². The van der Waals surface area contributed by atoms with Gasteiger partial charge in [0.05, 0.1) is 19.1 Å². The first-order valence-corrected chi connectivity index (χ1v) is 11.9. The Bertz CT molecular complexity index is 1000. The van der Waals surface area contributed by atoms with Crippen molar-refractivity contribution in [1.29, 1.82) is 0 Å². The molecule has 168 valence electrons. The summed E-state index contributed by atoms with van der Waals surface area (Å²) in [5, 5.41) is 0. The van der Waals surface area contributed by atoms with Gasteiger partial charge in [0.2, 0.25) is 15.9 Å². The number of nitrogens with one attached hydrogen (secondary N) is 1. The lowest BCUT2D eigenvalue weighted by Crippen LogP contribution is -2.29. The van der Waals surface area contributed by atoms with E-state index in [0.29, 0.717) is 37.3 Å². The van der Waals surface area contributed by atoms with Gasteiger partial charge in [-0.15, -0.1) is 0 Å². The van der Waals surface area contributed by atoms with Crippen LogP contribution in [0.15, 0.2) is 47.4 Å². The van der Waals surface area contributed by atoms with Crippen LogP contribution in [0, 0.1) is 0 Å². The lowest BCUT2D eigenvalue weighted by atomic mass is 10.1. The van der Waals surface area contributed by atoms with Gasteiger partial charge in [0, 0.05) is 26.1 Å². The first-order chi connectivity index (χ1) is 14.8. The molecule has 0 aromatic heterocycles. The maximum Gasteiger partial charge on any atom is 0.240 e. The summed E-state index contributed by atoms with van der Waals surface area (Å²) in [6.45, 7) is 0.596. The van der Waals surface area contributed by atoms with Crippen molar-refractivity contribution >= 4 is 15.9 Å². The molecule has 0 spiro atoms. The van der Waals surface area contributed by atoms with Crippen LogP contribution in [0.25, 0.3) is 0 Å². The van der Waals surface area contributed by atoms with Gasteiger partial charge in [-0.2, -0.15) is 0 Å². The Labute approximate surface area is 184 Å². The van der Waals surface area contributed by atoms with Crippen LogP contribution in [0.2, 0.25) is 0 Å². The number of benzene rings is 2. The molecule has 1 aliphatic carbocycles. The van der Waals surface area contributed by atoms with Crippen LogP contribution in [-0.2, 0) is 27.7 Å². The van der Waals surface area contributed by atoms with E-state index in [1.165, 1.54) is 0 Å². The second-order valence-corrected chi connectivity index (χ2v) is 9.51. The Morgan fingerprint density at radius 2 is 1.65 bits per heavy atom. The molecular formula is C23H30N2O5S. The van der Waals surface area contributed by atoms with Gasteiger partial charge < -0.3 is 14.4 Å². The molecule has 2 aromatic carbocycles. The number of hydrogen-bond acceptors (Lipinski definition) is 5. The van der Waals surface area contributed by atoms with Crippen molar-refractivity contribution in [3.05, 3.63) is 53.6 Å². The maximum atomic E-state index is 12.5. The molecule has 31 heavy (non-hydrogen) atoms. The normalized spacial score (nSPS) is 13.6. The van der Waals surface area contributed by atoms with Crippen molar-refractivity contribution in [3.8, 4) is 11.5 Å². The van der Waals surface area contributed by atoms with E-state index in [1.807, 2.05) is 18.2 Å². The second-order valence-electron chi connectivity index (χ2n) is 7.79. The standard InChI is InChI=1S/C23H30N2O5S/c1-25(15-14-18-6-12-21(29-2)22(16-18)30-3)23(26)13-7-17-4-10-20(11-5-17)31(27,28)24-19-8-9-19/h4-6,10-12,16,19,24H,7-9,13-15H2,1-3H3. The summed E-state index contributed by atoms with van der Waals surface area (Å²) in [7, 11) is 1.55. The molecule has 7 nitrogen and oxygen atoms in total. The fraction of sp³-hybridized carbons (Fsp3) is 0.435. The zero-order chi connectivity index (χ0) is 22.4. The van der Waals surface area contributed by atoms with Gasteiger partial charge in [0.1, 0.15) is 0 Å². The Kier molecular flexibility index (Phi) is 7.56. The summed E-state index contributed by atoms with van der Waals surface area (Å²) in [4.78, 5) is 14.5. The SMILES string of the molecule is COc1ccc(CCN(C)C(=O)CCc2ccc(S(=O)(=O)NC3CC3)cc2)cc1OC. The Morgan fingerprint density at radius 3 is 2.26 bits per heavy atom. The van der Waals surface area contributed by atoms with Crippen LogP contribution in [0.1, 0.15) is 30.4 Å². The molecule has 0 atom stereocenters. The van der Waals surface area contributed by atoms with E-state index in [2.05, 4.69) is 4.72 Å². The van der Waals surface area contributed by atoms with Gasteiger partial charge in [-0.3, -0.25) is 4.79 Å². The molecule has 3 rings (SSSR count). The molecule has 0 heterocycles. The molecule has 8 heteroatoms. The number of likely N-dealkylation sites (N-methyl/N-ethyl adjacent to an activating group) is 1.